The summed E-state index contributed by atoms with van der Waals surface area (Å²) in [6.07, 6.45) is 0. The van der Waals surface area contributed by atoms with Crippen molar-refractivity contribution in [3.63, 3.8) is 0 Å². The normalized spacial score (nSPS) is 10.6. The third-order valence-electron chi connectivity index (χ3n) is 3.72. The summed E-state index contributed by atoms with van der Waals surface area (Å²) in [5.41, 5.74) is 1.13. The van der Waals surface area contributed by atoms with Crippen LogP contribution in [0.2, 0.25) is 0 Å². The van der Waals surface area contributed by atoms with Crippen LogP contribution in [0.15, 0.2) is 41.6 Å². The van der Waals surface area contributed by atoms with E-state index in [0.717, 1.165) is 28.9 Å². The van der Waals surface area contributed by atoms with Gasteiger partial charge in [-0.25, -0.2) is 14.6 Å². The van der Waals surface area contributed by atoms with Crippen molar-refractivity contribution in [1.29, 1.82) is 0 Å². The molecule has 0 bridgehead atoms. The van der Waals surface area contributed by atoms with Crippen LogP contribution < -0.4 is 10.1 Å². The Morgan fingerprint density at radius 3 is 2.39 bits per heavy atom. The van der Waals surface area contributed by atoms with E-state index in [9.17, 15) is 14.4 Å². The number of imidazole rings is 1. The van der Waals surface area contributed by atoms with E-state index in [1.54, 1.807) is 25.3 Å². The molecule has 0 aliphatic rings. The number of carbonyl (C=O) groups excluding carboxylic acids is 1. The molecule has 0 fully saturated rings. The van der Waals surface area contributed by atoms with E-state index in [1.807, 2.05) is 0 Å². The maximum absolute atomic E-state index is 12.2. The molecule has 0 unspecified atom stereocenters. The molecule has 144 valence electrons. The fourth-order valence-electron chi connectivity index (χ4n) is 2.44. The standard InChI is InChI=1S/C18H15N3O6S/c1-27-12-2-3-13-14(7-12)21-18(20-13)28-8-15(22)19-11-5-9(16(23)24)4-10(6-11)17(25)26/h2-7H,8H2,1H3,(H,19,22)(H,20,21)(H,23,24)(H,25,26). The number of carboxylic acid groups (broad SMARTS) is 2. The number of nitrogens with zero attached hydrogens (tertiary/aromatic N) is 1. The number of aromatic amines is 1. The first-order valence-electron chi connectivity index (χ1n) is 7.94. The Morgan fingerprint density at radius 2 is 1.79 bits per heavy atom. The van der Waals surface area contributed by atoms with E-state index in [2.05, 4.69) is 15.3 Å². The lowest BCUT2D eigenvalue weighted by atomic mass is 10.1. The van der Waals surface area contributed by atoms with Gasteiger partial charge in [0.15, 0.2) is 5.16 Å². The van der Waals surface area contributed by atoms with Crippen molar-refractivity contribution in [3.8, 4) is 5.75 Å². The summed E-state index contributed by atoms with van der Waals surface area (Å²) in [5.74, 6) is -2.33. The number of fused-ring (bicyclic) bond motifs is 1. The molecule has 0 saturated heterocycles. The van der Waals surface area contributed by atoms with Crippen LogP contribution in [-0.2, 0) is 4.79 Å². The first kappa shape index (κ1) is 19.2. The van der Waals surface area contributed by atoms with E-state index in [4.69, 9.17) is 14.9 Å². The number of aromatic carboxylic acids is 2. The Morgan fingerprint density at radius 1 is 1.11 bits per heavy atom. The number of methoxy groups -OCH3 is 1. The Kier molecular flexibility index (Phi) is 5.50. The van der Waals surface area contributed by atoms with Gasteiger partial charge in [0.1, 0.15) is 5.75 Å². The highest BCUT2D eigenvalue weighted by atomic mass is 32.2. The smallest absolute Gasteiger partial charge is 0.335 e. The molecule has 0 spiro atoms. The lowest BCUT2D eigenvalue weighted by molar-refractivity contribution is -0.113. The second kappa shape index (κ2) is 8.01. The molecule has 0 atom stereocenters. The second-order valence-electron chi connectivity index (χ2n) is 5.67. The summed E-state index contributed by atoms with van der Waals surface area (Å²) in [4.78, 5) is 41.9. The summed E-state index contributed by atoms with van der Waals surface area (Å²) in [5, 5.41) is 21.2. The summed E-state index contributed by atoms with van der Waals surface area (Å²) < 4.78 is 5.15. The number of rotatable bonds is 7. The van der Waals surface area contributed by atoms with Gasteiger partial charge in [-0.15, -0.1) is 0 Å². The van der Waals surface area contributed by atoms with Crippen LogP contribution in [0.4, 0.5) is 5.69 Å². The molecule has 1 aromatic heterocycles. The van der Waals surface area contributed by atoms with E-state index in [0.29, 0.717) is 10.9 Å². The number of aromatic nitrogens is 2. The first-order valence-corrected chi connectivity index (χ1v) is 8.92. The largest absolute Gasteiger partial charge is 0.497 e. The topological polar surface area (TPSA) is 142 Å². The van der Waals surface area contributed by atoms with Crippen LogP contribution in [0.25, 0.3) is 11.0 Å². The average molecular weight is 401 g/mol. The molecule has 3 rings (SSSR count). The zero-order valence-corrected chi connectivity index (χ0v) is 15.4. The molecule has 10 heteroatoms. The molecule has 0 radical (unpaired) electrons. The Balaban J connectivity index is 1.69. The molecule has 0 aliphatic carbocycles. The summed E-state index contributed by atoms with van der Waals surface area (Å²) in [6.45, 7) is 0. The highest BCUT2D eigenvalue weighted by Gasteiger charge is 2.14. The van der Waals surface area contributed by atoms with Gasteiger partial charge in [0.2, 0.25) is 5.91 Å². The predicted octanol–water partition coefficient (Wildman–Crippen LogP) is 2.70. The average Bonchev–Trinajstić information content (AvgIpc) is 3.08. The van der Waals surface area contributed by atoms with Crippen LogP contribution >= 0.6 is 11.8 Å². The number of hydrogen-bond donors (Lipinski definition) is 4. The van der Waals surface area contributed by atoms with Crippen molar-refractivity contribution in [2.45, 2.75) is 5.16 Å². The minimum atomic E-state index is -1.29. The molecule has 4 N–H and O–H groups in total. The molecule has 1 amide bonds. The number of amides is 1. The molecule has 3 aromatic rings. The Hall–Kier alpha value is -3.53. The van der Waals surface area contributed by atoms with Gasteiger partial charge in [-0.1, -0.05) is 11.8 Å². The highest BCUT2D eigenvalue weighted by molar-refractivity contribution is 7.99. The van der Waals surface area contributed by atoms with Gasteiger partial charge in [0.25, 0.3) is 0 Å². The number of thioether (sulfide) groups is 1. The minimum absolute atomic E-state index is 0.00331. The van der Waals surface area contributed by atoms with E-state index < -0.39 is 17.8 Å². The molecule has 9 nitrogen and oxygen atoms in total. The quantitative estimate of drug-likeness (QED) is 0.443. The van der Waals surface area contributed by atoms with Crippen molar-refractivity contribution in [2.24, 2.45) is 0 Å². The molecular formula is C18H15N3O6S. The monoisotopic (exact) mass is 401 g/mol. The molecule has 28 heavy (non-hydrogen) atoms. The lowest BCUT2D eigenvalue weighted by Gasteiger charge is -2.07. The van der Waals surface area contributed by atoms with Gasteiger partial charge in [-0.05, 0) is 30.3 Å². The Labute approximate surface area is 162 Å². The summed E-state index contributed by atoms with van der Waals surface area (Å²) in [7, 11) is 1.56. The van der Waals surface area contributed by atoms with Gasteiger partial charge in [-0.3, -0.25) is 4.79 Å². The number of nitrogens with one attached hydrogen (secondary N) is 2. The fourth-order valence-corrected chi connectivity index (χ4v) is 3.12. The number of benzene rings is 2. The summed E-state index contributed by atoms with van der Waals surface area (Å²) in [6, 6.07) is 8.78. The van der Waals surface area contributed by atoms with Crippen LogP contribution in [0, 0.1) is 0 Å². The minimum Gasteiger partial charge on any atom is -0.497 e. The van der Waals surface area contributed by atoms with E-state index >= 15 is 0 Å². The van der Waals surface area contributed by atoms with Gasteiger partial charge in [-0.2, -0.15) is 0 Å². The second-order valence-corrected chi connectivity index (χ2v) is 6.64. The van der Waals surface area contributed by atoms with Crippen LogP contribution in [0.5, 0.6) is 5.75 Å². The summed E-state index contributed by atoms with van der Waals surface area (Å²) >= 11 is 1.16. The van der Waals surface area contributed by atoms with Gasteiger partial charge in [0.05, 0.1) is 35.0 Å². The van der Waals surface area contributed by atoms with E-state index in [1.165, 1.54) is 12.1 Å². The van der Waals surface area contributed by atoms with Crippen molar-refractivity contribution in [3.05, 3.63) is 47.5 Å². The maximum atomic E-state index is 12.2. The van der Waals surface area contributed by atoms with Crippen LogP contribution in [0.1, 0.15) is 20.7 Å². The SMILES string of the molecule is COc1ccc2nc(SCC(=O)Nc3cc(C(=O)O)cc(C(=O)O)c3)[nH]c2c1. The van der Waals surface area contributed by atoms with Crippen molar-refractivity contribution < 1.29 is 29.3 Å². The third-order valence-corrected chi connectivity index (χ3v) is 4.59. The van der Waals surface area contributed by atoms with Gasteiger partial charge >= 0.3 is 11.9 Å². The maximum Gasteiger partial charge on any atom is 0.335 e. The number of hydrogen-bond acceptors (Lipinski definition) is 6. The number of anilines is 1. The van der Waals surface area contributed by atoms with Crippen LogP contribution in [-0.4, -0.2) is 50.9 Å². The zero-order valence-electron chi connectivity index (χ0n) is 14.6. The number of carboxylic acids is 2. The molecular weight excluding hydrogens is 386 g/mol. The number of carbonyl (C=O) groups is 3. The van der Waals surface area contributed by atoms with Crippen molar-refractivity contribution >= 4 is 46.3 Å². The van der Waals surface area contributed by atoms with Crippen LogP contribution in [0.3, 0.4) is 0 Å². The third kappa shape index (κ3) is 4.41. The fraction of sp³-hybridized carbons (Fsp3) is 0.111. The Bertz CT molecular complexity index is 1050. The van der Waals surface area contributed by atoms with E-state index in [-0.39, 0.29) is 22.6 Å². The number of ether oxygens (including phenoxy) is 1. The number of H-pyrrole nitrogens is 1. The zero-order chi connectivity index (χ0) is 20.3. The molecule has 1 heterocycles. The van der Waals surface area contributed by atoms with Crippen molar-refractivity contribution in [1.82, 2.24) is 9.97 Å². The first-order chi connectivity index (χ1) is 13.4. The van der Waals surface area contributed by atoms with Crippen molar-refractivity contribution in [2.75, 3.05) is 18.2 Å². The molecule has 0 aliphatic heterocycles. The lowest BCUT2D eigenvalue weighted by Crippen LogP contribution is -2.15. The highest BCUT2D eigenvalue weighted by Crippen LogP contribution is 2.23. The van der Waals surface area contributed by atoms with Gasteiger partial charge < -0.3 is 25.3 Å². The predicted molar refractivity (Wildman–Crippen MR) is 102 cm³/mol. The molecule has 0 saturated carbocycles. The van der Waals surface area contributed by atoms with Gasteiger partial charge in [0, 0.05) is 11.8 Å². The molecule has 2 aromatic carbocycles.